The number of ether oxygens (including phenoxy) is 1. The predicted octanol–water partition coefficient (Wildman–Crippen LogP) is 3.24. The smallest absolute Gasteiger partial charge is 0.119 e. The lowest BCUT2D eigenvalue weighted by atomic mass is 10.1. The summed E-state index contributed by atoms with van der Waals surface area (Å²) in [5, 5.41) is 10.3. The van der Waals surface area contributed by atoms with Crippen LogP contribution in [0.4, 0.5) is 0 Å². The highest BCUT2D eigenvalue weighted by Gasteiger charge is 2.14. The molecule has 0 aliphatic heterocycles. The van der Waals surface area contributed by atoms with Crippen LogP contribution in [-0.4, -0.2) is 35.7 Å². The van der Waals surface area contributed by atoms with Crippen molar-refractivity contribution < 1.29 is 9.84 Å². The number of hydrogen-bond acceptors (Lipinski definition) is 3. The van der Waals surface area contributed by atoms with Crippen molar-refractivity contribution in [2.45, 2.75) is 46.3 Å². The number of aliphatic hydroxyl groups excluding tert-OH is 1. The fourth-order valence-electron chi connectivity index (χ4n) is 2.04. The van der Waals surface area contributed by atoms with Gasteiger partial charge in [0.15, 0.2) is 0 Å². The van der Waals surface area contributed by atoms with Crippen molar-refractivity contribution in [2.24, 2.45) is 0 Å². The van der Waals surface area contributed by atoms with Gasteiger partial charge in [-0.25, -0.2) is 0 Å². The molecule has 0 heterocycles. The van der Waals surface area contributed by atoms with Crippen LogP contribution in [-0.2, 0) is 0 Å². The number of rotatable bonds is 8. The molecule has 0 aliphatic rings. The van der Waals surface area contributed by atoms with Crippen molar-refractivity contribution >= 4 is 0 Å². The van der Waals surface area contributed by atoms with E-state index in [1.807, 2.05) is 24.3 Å². The van der Waals surface area contributed by atoms with Crippen molar-refractivity contribution in [1.82, 2.24) is 4.90 Å². The molecule has 0 spiro atoms. The summed E-state index contributed by atoms with van der Waals surface area (Å²) in [6.07, 6.45) is 0.562. The Labute approximate surface area is 117 Å². The largest absolute Gasteiger partial charge is 0.494 e. The molecule has 1 N–H and O–H groups in total. The van der Waals surface area contributed by atoms with E-state index in [1.54, 1.807) is 0 Å². The average molecular weight is 265 g/mol. The lowest BCUT2D eigenvalue weighted by molar-refractivity contribution is 0.0991. The van der Waals surface area contributed by atoms with Gasteiger partial charge in [-0.1, -0.05) is 26.0 Å². The second-order valence-corrected chi connectivity index (χ2v) is 5.11. The predicted molar refractivity (Wildman–Crippen MR) is 79.6 cm³/mol. The van der Waals surface area contributed by atoms with Crippen molar-refractivity contribution in [1.29, 1.82) is 0 Å². The molecule has 0 aliphatic carbocycles. The van der Waals surface area contributed by atoms with Gasteiger partial charge >= 0.3 is 0 Å². The van der Waals surface area contributed by atoms with Crippen molar-refractivity contribution in [3.05, 3.63) is 29.8 Å². The third-order valence-corrected chi connectivity index (χ3v) is 3.28. The van der Waals surface area contributed by atoms with Gasteiger partial charge in [0, 0.05) is 12.6 Å². The van der Waals surface area contributed by atoms with Crippen molar-refractivity contribution in [2.75, 3.05) is 19.7 Å². The summed E-state index contributed by atoms with van der Waals surface area (Å²) in [6, 6.07) is 8.21. The molecule has 0 saturated carbocycles. The first-order valence-corrected chi connectivity index (χ1v) is 7.23. The summed E-state index contributed by atoms with van der Waals surface area (Å²) >= 11 is 0. The van der Waals surface area contributed by atoms with E-state index in [-0.39, 0.29) is 0 Å². The lowest BCUT2D eigenvalue weighted by Gasteiger charge is -2.27. The fourth-order valence-corrected chi connectivity index (χ4v) is 2.04. The molecule has 1 atom stereocenters. The SMILES string of the molecule is CCCOc1ccc(C(O)CN(CC)C(C)C)cc1. The molecular formula is C16H27NO2. The second-order valence-electron chi connectivity index (χ2n) is 5.11. The van der Waals surface area contributed by atoms with Crippen LogP contribution < -0.4 is 4.74 Å². The maximum atomic E-state index is 10.3. The van der Waals surface area contributed by atoms with E-state index in [0.717, 1.165) is 30.9 Å². The molecule has 0 bridgehead atoms. The summed E-state index contributed by atoms with van der Waals surface area (Å²) in [7, 11) is 0. The number of aliphatic hydroxyl groups is 1. The monoisotopic (exact) mass is 265 g/mol. The molecule has 1 aromatic carbocycles. The van der Waals surface area contributed by atoms with Gasteiger partial charge in [0.1, 0.15) is 5.75 Å². The normalized spacial score (nSPS) is 13.0. The molecule has 3 nitrogen and oxygen atoms in total. The van der Waals surface area contributed by atoms with Gasteiger partial charge in [0.05, 0.1) is 12.7 Å². The molecule has 19 heavy (non-hydrogen) atoms. The average Bonchev–Trinajstić information content (AvgIpc) is 2.42. The van der Waals surface area contributed by atoms with Gasteiger partial charge < -0.3 is 9.84 Å². The molecule has 0 saturated heterocycles. The van der Waals surface area contributed by atoms with Crippen LogP contribution in [0.15, 0.2) is 24.3 Å². The zero-order valence-electron chi connectivity index (χ0n) is 12.6. The molecule has 0 radical (unpaired) electrons. The molecular weight excluding hydrogens is 238 g/mol. The van der Waals surface area contributed by atoms with Crippen LogP contribution in [0.3, 0.4) is 0 Å². The van der Waals surface area contributed by atoms with Gasteiger partial charge in [-0.15, -0.1) is 0 Å². The minimum Gasteiger partial charge on any atom is -0.494 e. The van der Waals surface area contributed by atoms with Crippen molar-refractivity contribution in [3.8, 4) is 5.75 Å². The topological polar surface area (TPSA) is 32.7 Å². The Balaban J connectivity index is 2.59. The van der Waals surface area contributed by atoms with E-state index in [1.165, 1.54) is 0 Å². The fraction of sp³-hybridized carbons (Fsp3) is 0.625. The van der Waals surface area contributed by atoms with E-state index < -0.39 is 6.10 Å². The van der Waals surface area contributed by atoms with Crippen molar-refractivity contribution in [3.63, 3.8) is 0 Å². The molecule has 0 fully saturated rings. The van der Waals surface area contributed by atoms with Gasteiger partial charge in [0.25, 0.3) is 0 Å². The number of hydrogen-bond donors (Lipinski definition) is 1. The number of benzene rings is 1. The van der Waals surface area contributed by atoms with Crippen LogP contribution in [0.25, 0.3) is 0 Å². The molecule has 1 unspecified atom stereocenters. The zero-order valence-corrected chi connectivity index (χ0v) is 12.6. The Morgan fingerprint density at radius 1 is 1.16 bits per heavy atom. The number of nitrogens with zero attached hydrogens (tertiary/aromatic N) is 1. The Hall–Kier alpha value is -1.06. The van der Waals surface area contributed by atoms with Crippen LogP contribution >= 0.6 is 0 Å². The first-order chi connectivity index (χ1) is 9.08. The maximum Gasteiger partial charge on any atom is 0.119 e. The summed E-state index contributed by atoms with van der Waals surface area (Å²) in [4.78, 5) is 2.26. The summed E-state index contributed by atoms with van der Waals surface area (Å²) in [5.41, 5.74) is 0.947. The van der Waals surface area contributed by atoms with Gasteiger partial charge in [-0.3, -0.25) is 4.90 Å². The Morgan fingerprint density at radius 2 is 1.79 bits per heavy atom. The van der Waals surface area contributed by atoms with E-state index in [0.29, 0.717) is 12.6 Å². The summed E-state index contributed by atoms with van der Waals surface area (Å²) < 4.78 is 5.54. The van der Waals surface area contributed by atoms with E-state index in [2.05, 4.69) is 32.6 Å². The highest BCUT2D eigenvalue weighted by atomic mass is 16.5. The standard InChI is InChI=1S/C16H27NO2/c1-5-11-19-15-9-7-14(8-10-15)16(18)12-17(6-2)13(3)4/h7-10,13,16,18H,5-6,11-12H2,1-4H3. The van der Waals surface area contributed by atoms with E-state index in [4.69, 9.17) is 4.74 Å². The third kappa shape index (κ3) is 5.21. The first kappa shape index (κ1) is 16.0. The summed E-state index contributed by atoms with van der Waals surface area (Å²) in [5.74, 6) is 0.869. The second kappa shape index (κ2) is 8.18. The van der Waals surface area contributed by atoms with Gasteiger partial charge in [-0.2, -0.15) is 0 Å². The van der Waals surface area contributed by atoms with Crippen LogP contribution in [0.1, 0.15) is 45.8 Å². The lowest BCUT2D eigenvalue weighted by Crippen LogP contribution is -2.34. The minimum absolute atomic E-state index is 0.442. The van der Waals surface area contributed by atoms with Crippen LogP contribution in [0.5, 0.6) is 5.75 Å². The third-order valence-electron chi connectivity index (χ3n) is 3.28. The van der Waals surface area contributed by atoms with E-state index >= 15 is 0 Å². The van der Waals surface area contributed by atoms with Crippen LogP contribution in [0, 0.1) is 0 Å². The summed E-state index contributed by atoms with van der Waals surface area (Å²) in [6.45, 7) is 10.9. The van der Waals surface area contributed by atoms with Crippen LogP contribution in [0.2, 0.25) is 0 Å². The number of likely N-dealkylation sites (N-methyl/N-ethyl adjacent to an activating group) is 1. The van der Waals surface area contributed by atoms with Gasteiger partial charge in [0.2, 0.25) is 0 Å². The quantitative estimate of drug-likeness (QED) is 0.783. The molecule has 108 valence electrons. The Bertz CT molecular complexity index is 348. The highest BCUT2D eigenvalue weighted by molar-refractivity contribution is 5.28. The van der Waals surface area contributed by atoms with Gasteiger partial charge in [-0.05, 0) is 44.5 Å². The highest BCUT2D eigenvalue weighted by Crippen LogP contribution is 2.19. The van der Waals surface area contributed by atoms with E-state index in [9.17, 15) is 5.11 Å². The first-order valence-electron chi connectivity index (χ1n) is 7.23. The maximum absolute atomic E-state index is 10.3. The Morgan fingerprint density at radius 3 is 2.26 bits per heavy atom. The zero-order chi connectivity index (χ0) is 14.3. The molecule has 3 heteroatoms. The molecule has 0 amide bonds. The Kier molecular flexibility index (Phi) is 6.89. The molecule has 1 rings (SSSR count). The molecule has 1 aromatic rings. The molecule has 0 aromatic heterocycles. The minimum atomic E-state index is -0.442.